The van der Waals surface area contributed by atoms with Crippen LogP contribution in [0, 0.1) is 11.3 Å². The number of benzene rings is 2. The lowest BCUT2D eigenvalue weighted by molar-refractivity contribution is -0.131. The number of ether oxygens (including phenoxy) is 1. The van der Waals surface area contributed by atoms with Crippen LogP contribution < -0.4 is 15.0 Å². The second-order valence-electron chi connectivity index (χ2n) is 7.09. The third-order valence-electron chi connectivity index (χ3n) is 5.00. The summed E-state index contributed by atoms with van der Waals surface area (Å²) in [6.07, 6.45) is 3.41. The molecule has 2 aromatic rings. The van der Waals surface area contributed by atoms with Crippen LogP contribution in [0.2, 0.25) is 0 Å². The third kappa shape index (κ3) is 6.89. The zero-order valence-electron chi connectivity index (χ0n) is 17.4. The molecule has 0 spiro atoms. The summed E-state index contributed by atoms with van der Waals surface area (Å²) in [6, 6.07) is 19.2. The van der Waals surface area contributed by atoms with Gasteiger partial charge in [0, 0.05) is 50.9 Å². The predicted molar refractivity (Wildman–Crippen MR) is 119 cm³/mol. The van der Waals surface area contributed by atoms with Crippen LogP contribution in [0.25, 0.3) is 6.08 Å². The molecule has 2 amide bonds. The molecule has 0 aliphatic carbocycles. The Hall–Kier alpha value is -3.79. The van der Waals surface area contributed by atoms with E-state index in [1.165, 1.54) is 11.8 Å². The molecular formula is C24H26N4O3. The molecule has 0 saturated carbocycles. The first kappa shape index (κ1) is 21.9. The molecule has 1 aliphatic rings. The van der Waals surface area contributed by atoms with Gasteiger partial charge < -0.3 is 19.9 Å². The van der Waals surface area contributed by atoms with Crippen LogP contribution >= 0.6 is 0 Å². The van der Waals surface area contributed by atoms with Gasteiger partial charge in [-0.1, -0.05) is 30.3 Å². The Kier molecular flexibility index (Phi) is 8.06. The molecule has 7 nitrogen and oxygen atoms in total. The van der Waals surface area contributed by atoms with E-state index in [1.807, 2.05) is 29.2 Å². The third-order valence-corrected chi connectivity index (χ3v) is 5.00. The summed E-state index contributed by atoms with van der Waals surface area (Å²) in [7, 11) is 0. The zero-order valence-corrected chi connectivity index (χ0v) is 17.4. The Morgan fingerprint density at radius 3 is 2.42 bits per heavy atom. The molecule has 3 rings (SSSR count). The molecule has 0 aromatic heterocycles. The summed E-state index contributed by atoms with van der Waals surface area (Å²) in [5.74, 6) is 0.419. The molecular weight excluding hydrogens is 392 g/mol. The maximum absolute atomic E-state index is 12.4. The highest BCUT2D eigenvalue weighted by molar-refractivity contribution is 5.92. The van der Waals surface area contributed by atoms with Crippen molar-refractivity contribution in [3.05, 3.63) is 66.2 Å². The number of anilines is 1. The standard InChI is InChI=1S/C24H26N4O3/c25-13-19-31-22-9-6-20(7-10-22)8-11-23(29)26-14-12-24(30)28-17-15-27(16-18-28)21-4-2-1-3-5-21/h1-11H,12,14-19H2,(H,26,29)/b11-8+. The highest BCUT2D eigenvalue weighted by Crippen LogP contribution is 2.16. The molecule has 7 heteroatoms. The highest BCUT2D eigenvalue weighted by atomic mass is 16.5. The normalized spacial score (nSPS) is 13.6. The van der Waals surface area contributed by atoms with E-state index in [0.29, 0.717) is 25.4 Å². The van der Waals surface area contributed by atoms with Gasteiger partial charge in [0.25, 0.3) is 0 Å². The maximum atomic E-state index is 12.4. The van der Waals surface area contributed by atoms with Gasteiger partial charge in [-0.2, -0.15) is 5.26 Å². The molecule has 2 aromatic carbocycles. The Bertz CT molecular complexity index is 928. The van der Waals surface area contributed by atoms with Gasteiger partial charge in [-0.05, 0) is 35.9 Å². The van der Waals surface area contributed by atoms with Crippen molar-refractivity contribution in [2.45, 2.75) is 6.42 Å². The van der Waals surface area contributed by atoms with Gasteiger partial charge in [-0.3, -0.25) is 9.59 Å². The Morgan fingerprint density at radius 2 is 1.74 bits per heavy atom. The largest absolute Gasteiger partial charge is 0.479 e. The van der Waals surface area contributed by atoms with Gasteiger partial charge >= 0.3 is 0 Å². The van der Waals surface area contributed by atoms with Crippen molar-refractivity contribution in [2.24, 2.45) is 0 Å². The molecule has 1 fully saturated rings. The van der Waals surface area contributed by atoms with Gasteiger partial charge in [0.1, 0.15) is 11.8 Å². The summed E-state index contributed by atoms with van der Waals surface area (Å²) < 4.78 is 5.19. The van der Waals surface area contributed by atoms with Gasteiger partial charge in [0.05, 0.1) is 0 Å². The van der Waals surface area contributed by atoms with E-state index in [-0.39, 0.29) is 24.8 Å². The second-order valence-corrected chi connectivity index (χ2v) is 7.09. The molecule has 0 bridgehead atoms. The average Bonchev–Trinajstić information content (AvgIpc) is 2.82. The smallest absolute Gasteiger partial charge is 0.244 e. The number of nitrogens with one attached hydrogen (secondary N) is 1. The predicted octanol–water partition coefficient (Wildman–Crippen LogP) is 2.46. The lowest BCUT2D eigenvalue weighted by atomic mass is 10.2. The van der Waals surface area contributed by atoms with Crippen LogP contribution in [0.4, 0.5) is 5.69 Å². The van der Waals surface area contributed by atoms with Crippen LogP contribution in [0.5, 0.6) is 5.75 Å². The number of carbonyl (C=O) groups excluding carboxylic acids is 2. The van der Waals surface area contributed by atoms with Crippen LogP contribution in [-0.2, 0) is 9.59 Å². The fraction of sp³-hybridized carbons (Fsp3) is 0.292. The van der Waals surface area contributed by atoms with E-state index in [0.717, 1.165) is 18.7 Å². The molecule has 1 saturated heterocycles. The minimum Gasteiger partial charge on any atom is -0.479 e. The molecule has 0 unspecified atom stereocenters. The minimum atomic E-state index is -0.244. The van der Waals surface area contributed by atoms with Gasteiger partial charge in [-0.15, -0.1) is 0 Å². The average molecular weight is 418 g/mol. The summed E-state index contributed by atoms with van der Waals surface area (Å²) in [5.41, 5.74) is 2.02. The summed E-state index contributed by atoms with van der Waals surface area (Å²) >= 11 is 0. The number of nitrogens with zero attached hydrogens (tertiary/aromatic N) is 3. The minimum absolute atomic E-state index is 0.000969. The van der Waals surface area contributed by atoms with Crippen LogP contribution in [0.3, 0.4) is 0 Å². The first-order valence-corrected chi connectivity index (χ1v) is 10.3. The zero-order chi connectivity index (χ0) is 21.9. The van der Waals surface area contributed by atoms with Crippen LogP contribution in [0.1, 0.15) is 12.0 Å². The van der Waals surface area contributed by atoms with Crippen molar-refractivity contribution in [1.29, 1.82) is 5.26 Å². The number of amides is 2. The molecule has 1 N–H and O–H groups in total. The highest BCUT2D eigenvalue weighted by Gasteiger charge is 2.20. The van der Waals surface area contributed by atoms with Crippen LogP contribution in [0.15, 0.2) is 60.7 Å². The quantitative estimate of drug-likeness (QED) is 0.666. The molecule has 0 atom stereocenters. The Morgan fingerprint density at radius 1 is 1.03 bits per heavy atom. The first-order valence-electron chi connectivity index (χ1n) is 10.3. The lowest BCUT2D eigenvalue weighted by Crippen LogP contribution is -2.49. The van der Waals surface area contributed by atoms with E-state index in [2.05, 4.69) is 22.3 Å². The summed E-state index contributed by atoms with van der Waals surface area (Å²) in [4.78, 5) is 28.5. The van der Waals surface area contributed by atoms with Crippen molar-refractivity contribution in [3.8, 4) is 11.8 Å². The topological polar surface area (TPSA) is 85.7 Å². The van der Waals surface area contributed by atoms with Crippen molar-refractivity contribution in [2.75, 3.05) is 44.2 Å². The van der Waals surface area contributed by atoms with Gasteiger partial charge in [-0.25, -0.2) is 0 Å². The van der Waals surface area contributed by atoms with E-state index in [1.54, 1.807) is 30.3 Å². The van der Waals surface area contributed by atoms with Crippen molar-refractivity contribution >= 4 is 23.6 Å². The number of hydrogen-bond acceptors (Lipinski definition) is 5. The first-order chi connectivity index (χ1) is 15.2. The molecule has 160 valence electrons. The second kappa shape index (κ2) is 11.4. The number of rotatable bonds is 8. The number of nitriles is 1. The summed E-state index contributed by atoms with van der Waals surface area (Å²) in [6.45, 7) is 3.31. The van der Waals surface area contributed by atoms with E-state index in [4.69, 9.17) is 10.00 Å². The Balaban J connectivity index is 1.35. The lowest BCUT2D eigenvalue weighted by Gasteiger charge is -2.36. The Labute approximate surface area is 182 Å². The van der Waals surface area contributed by atoms with Crippen molar-refractivity contribution in [3.63, 3.8) is 0 Å². The van der Waals surface area contributed by atoms with E-state index in [9.17, 15) is 9.59 Å². The fourth-order valence-corrected chi connectivity index (χ4v) is 3.33. The monoisotopic (exact) mass is 418 g/mol. The van der Waals surface area contributed by atoms with E-state index < -0.39 is 0 Å². The van der Waals surface area contributed by atoms with Crippen molar-refractivity contribution in [1.82, 2.24) is 10.2 Å². The molecule has 1 aliphatic heterocycles. The van der Waals surface area contributed by atoms with Gasteiger partial charge in [0.2, 0.25) is 11.8 Å². The maximum Gasteiger partial charge on any atom is 0.244 e. The number of para-hydroxylation sites is 1. The van der Waals surface area contributed by atoms with Crippen molar-refractivity contribution < 1.29 is 14.3 Å². The SMILES string of the molecule is N#CCOc1ccc(/C=C/C(=O)NCCC(=O)N2CCN(c3ccccc3)CC2)cc1. The number of piperazine rings is 1. The van der Waals surface area contributed by atoms with E-state index >= 15 is 0 Å². The summed E-state index contributed by atoms with van der Waals surface area (Å²) in [5, 5.41) is 11.3. The van der Waals surface area contributed by atoms with Crippen LogP contribution in [-0.4, -0.2) is 56.0 Å². The number of carbonyl (C=O) groups is 2. The molecule has 0 radical (unpaired) electrons. The molecule has 1 heterocycles. The van der Waals surface area contributed by atoms with Gasteiger partial charge in [0.15, 0.2) is 6.61 Å². The number of hydrogen-bond donors (Lipinski definition) is 1. The molecule has 31 heavy (non-hydrogen) atoms. The fourth-order valence-electron chi connectivity index (χ4n) is 3.33.